The third kappa shape index (κ3) is 7.69. The van der Waals surface area contributed by atoms with Crippen LogP contribution in [0.2, 0.25) is 0 Å². The highest BCUT2D eigenvalue weighted by molar-refractivity contribution is 5.22. The van der Waals surface area contributed by atoms with Gasteiger partial charge in [-0.2, -0.15) is 0 Å². The summed E-state index contributed by atoms with van der Waals surface area (Å²) in [5, 5.41) is 0. The van der Waals surface area contributed by atoms with E-state index in [1.165, 1.54) is 107 Å². The Morgan fingerprint density at radius 3 is 0.857 bits per heavy atom. The summed E-state index contributed by atoms with van der Waals surface area (Å²) in [5.41, 5.74) is 3.08. The zero-order chi connectivity index (χ0) is 14.6. The Labute approximate surface area is 132 Å². The molecular formula is C21H34. The molecule has 0 saturated heterocycles. The van der Waals surface area contributed by atoms with Crippen molar-refractivity contribution in [3.8, 4) is 0 Å². The van der Waals surface area contributed by atoms with Crippen LogP contribution in [0.1, 0.15) is 94.6 Å². The van der Waals surface area contributed by atoms with Crippen molar-refractivity contribution in [2.24, 2.45) is 0 Å². The molecule has 2 bridgehead atoms. The van der Waals surface area contributed by atoms with Crippen molar-refractivity contribution in [1.29, 1.82) is 0 Å². The smallest absolute Gasteiger partial charge is 0.0279 e. The number of fused-ring (bicyclic) bond motifs is 16. The van der Waals surface area contributed by atoms with E-state index in [1.807, 2.05) is 0 Å². The van der Waals surface area contributed by atoms with E-state index in [2.05, 4.69) is 24.3 Å². The molecule has 21 heavy (non-hydrogen) atoms. The van der Waals surface area contributed by atoms with Crippen LogP contribution in [0.4, 0.5) is 0 Å². The summed E-state index contributed by atoms with van der Waals surface area (Å²) in [5.74, 6) is 0. The topological polar surface area (TPSA) is 0 Å². The summed E-state index contributed by atoms with van der Waals surface area (Å²) in [4.78, 5) is 0. The van der Waals surface area contributed by atoms with Crippen molar-refractivity contribution in [1.82, 2.24) is 0 Å². The van der Waals surface area contributed by atoms with Gasteiger partial charge in [-0.25, -0.2) is 0 Å². The van der Waals surface area contributed by atoms with Gasteiger partial charge in [-0.15, -0.1) is 0 Å². The Morgan fingerprint density at radius 2 is 0.571 bits per heavy atom. The van der Waals surface area contributed by atoms with Gasteiger partial charge in [0.05, 0.1) is 0 Å². The molecule has 0 N–H and O–H groups in total. The fraction of sp³-hybridized carbons (Fsp3) is 0.714. The van der Waals surface area contributed by atoms with Gasteiger partial charge < -0.3 is 0 Å². The summed E-state index contributed by atoms with van der Waals surface area (Å²) >= 11 is 0. The molecule has 0 aliphatic heterocycles. The van der Waals surface area contributed by atoms with E-state index in [0.29, 0.717) is 0 Å². The maximum absolute atomic E-state index is 2.36. The van der Waals surface area contributed by atoms with Crippen LogP contribution in [-0.4, -0.2) is 0 Å². The van der Waals surface area contributed by atoms with Crippen LogP contribution in [0.25, 0.3) is 0 Å². The third-order valence-electron chi connectivity index (χ3n) is 4.95. The molecular weight excluding hydrogens is 252 g/mol. The summed E-state index contributed by atoms with van der Waals surface area (Å²) in [6, 6.07) is 9.46. The molecule has 2 aliphatic rings. The van der Waals surface area contributed by atoms with Gasteiger partial charge in [-0.05, 0) is 36.8 Å². The van der Waals surface area contributed by atoms with E-state index in [0.717, 1.165) is 0 Å². The molecule has 0 amide bonds. The summed E-state index contributed by atoms with van der Waals surface area (Å²) < 4.78 is 0. The number of aryl methyl sites for hydroxylation is 2. The zero-order valence-electron chi connectivity index (χ0n) is 13.9. The first-order chi connectivity index (χ1) is 10.4. The summed E-state index contributed by atoms with van der Waals surface area (Å²) in [6.45, 7) is 0. The maximum atomic E-state index is 2.36. The average molecular weight is 287 g/mol. The maximum Gasteiger partial charge on any atom is -0.0279 e. The minimum Gasteiger partial charge on any atom is -0.0588 e. The van der Waals surface area contributed by atoms with Gasteiger partial charge >= 0.3 is 0 Å². The second kappa shape index (κ2) is 10.9. The monoisotopic (exact) mass is 286 g/mol. The van der Waals surface area contributed by atoms with E-state index in [9.17, 15) is 0 Å². The first kappa shape index (κ1) is 16.6. The predicted octanol–water partition coefficient (Wildman–Crippen LogP) is 6.86. The lowest BCUT2D eigenvalue weighted by atomic mass is 10.0. The first-order valence-electron chi connectivity index (χ1n) is 9.53. The third-order valence-corrected chi connectivity index (χ3v) is 4.95. The number of hydrogen-bond acceptors (Lipinski definition) is 0. The molecule has 0 spiro atoms. The average Bonchev–Trinajstić information content (AvgIpc) is 2.52. The second-order valence-electron chi connectivity index (χ2n) is 6.91. The standard InChI is InChI=1S/C21H34/c1-2-4-6-8-10-12-14-20-16-18-21(19-17-20)15-13-11-9-7-5-3-1/h16-19H,1-15H2. The van der Waals surface area contributed by atoms with E-state index in [4.69, 9.17) is 0 Å². The van der Waals surface area contributed by atoms with E-state index in [1.54, 1.807) is 0 Å². The van der Waals surface area contributed by atoms with Crippen molar-refractivity contribution >= 4 is 0 Å². The van der Waals surface area contributed by atoms with Gasteiger partial charge in [0.15, 0.2) is 0 Å². The number of hydrogen-bond donors (Lipinski definition) is 0. The quantitative estimate of drug-likeness (QED) is 0.489. The summed E-state index contributed by atoms with van der Waals surface area (Å²) in [7, 11) is 0. The van der Waals surface area contributed by atoms with Crippen molar-refractivity contribution in [3.05, 3.63) is 35.4 Å². The molecule has 0 heteroatoms. The van der Waals surface area contributed by atoms with Gasteiger partial charge in [0.1, 0.15) is 0 Å². The van der Waals surface area contributed by atoms with Gasteiger partial charge in [-0.1, -0.05) is 94.9 Å². The lowest BCUT2D eigenvalue weighted by Crippen LogP contribution is -1.89. The van der Waals surface area contributed by atoms with Gasteiger partial charge in [-0.3, -0.25) is 0 Å². The van der Waals surface area contributed by atoms with Crippen molar-refractivity contribution in [3.63, 3.8) is 0 Å². The van der Waals surface area contributed by atoms with Crippen molar-refractivity contribution in [2.75, 3.05) is 0 Å². The minimum absolute atomic E-state index is 1.28. The van der Waals surface area contributed by atoms with E-state index >= 15 is 0 Å². The van der Waals surface area contributed by atoms with Crippen LogP contribution in [0.3, 0.4) is 0 Å². The lowest BCUT2D eigenvalue weighted by molar-refractivity contribution is 0.537. The largest absolute Gasteiger partial charge is 0.0588 e. The number of rotatable bonds is 0. The van der Waals surface area contributed by atoms with E-state index in [-0.39, 0.29) is 0 Å². The van der Waals surface area contributed by atoms with Crippen LogP contribution in [0.5, 0.6) is 0 Å². The zero-order valence-corrected chi connectivity index (χ0v) is 13.9. The summed E-state index contributed by atoms with van der Waals surface area (Å²) in [6.07, 6.45) is 21.3. The fourth-order valence-electron chi connectivity index (χ4n) is 3.48. The predicted molar refractivity (Wildman–Crippen MR) is 93.9 cm³/mol. The fourth-order valence-corrected chi connectivity index (χ4v) is 3.48. The molecule has 0 nitrogen and oxygen atoms in total. The highest BCUT2D eigenvalue weighted by Gasteiger charge is 1.99. The van der Waals surface area contributed by atoms with Gasteiger partial charge in [0.2, 0.25) is 0 Å². The normalized spacial score (nSPS) is 20.4. The molecule has 0 radical (unpaired) electrons. The molecule has 0 saturated carbocycles. The van der Waals surface area contributed by atoms with Crippen LogP contribution in [0, 0.1) is 0 Å². The number of benzene rings is 1. The van der Waals surface area contributed by atoms with Gasteiger partial charge in [0, 0.05) is 0 Å². The molecule has 0 unspecified atom stereocenters. The molecule has 0 heterocycles. The highest BCUT2D eigenvalue weighted by atomic mass is 14.0. The molecule has 0 fully saturated rings. The Morgan fingerprint density at radius 1 is 0.333 bits per heavy atom. The SMILES string of the molecule is c1cc2ccc1CCCCCCCCCCCCCCC2. The van der Waals surface area contributed by atoms with Crippen molar-refractivity contribution < 1.29 is 0 Å². The molecule has 1 aromatic rings. The van der Waals surface area contributed by atoms with Gasteiger partial charge in [0.25, 0.3) is 0 Å². The minimum atomic E-state index is 1.28. The molecule has 1 aromatic carbocycles. The molecule has 0 aromatic heterocycles. The Hall–Kier alpha value is -0.780. The lowest BCUT2D eigenvalue weighted by Gasteiger charge is -2.05. The van der Waals surface area contributed by atoms with Crippen LogP contribution >= 0.6 is 0 Å². The second-order valence-corrected chi connectivity index (χ2v) is 6.91. The molecule has 118 valence electrons. The molecule has 3 rings (SSSR count). The Kier molecular flexibility index (Phi) is 8.59. The van der Waals surface area contributed by atoms with E-state index < -0.39 is 0 Å². The van der Waals surface area contributed by atoms with Crippen LogP contribution in [0.15, 0.2) is 24.3 Å². The van der Waals surface area contributed by atoms with Crippen LogP contribution < -0.4 is 0 Å². The Bertz CT molecular complexity index is 314. The first-order valence-corrected chi connectivity index (χ1v) is 9.53. The molecule has 0 atom stereocenters. The van der Waals surface area contributed by atoms with Crippen LogP contribution in [-0.2, 0) is 12.8 Å². The van der Waals surface area contributed by atoms with Crippen molar-refractivity contribution in [2.45, 2.75) is 96.3 Å². The Balaban J connectivity index is 1.75. The highest BCUT2D eigenvalue weighted by Crippen LogP contribution is 2.16. The molecule has 2 aliphatic carbocycles.